The molecule has 0 aromatic carbocycles. The minimum atomic E-state index is -0.465. The lowest BCUT2D eigenvalue weighted by molar-refractivity contribution is -0.119. The summed E-state index contributed by atoms with van der Waals surface area (Å²) >= 11 is 0. The predicted molar refractivity (Wildman–Crippen MR) is 79.6 cm³/mol. The monoisotopic (exact) mass is 290 g/mol. The van der Waals surface area contributed by atoms with Crippen molar-refractivity contribution in [1.82, 2.24) is 9.47 Å². The van der Waals surface area contributed by atoms with Crippen LogP contribution in [0.15, 0.2) is 12.3 Å². The maximum Gasteiger partial charge on any atom is 0.271 e. The molecule has 114 valence electrons. The third kappa shape index (κ3) is 2.89. The molecule has 0 atom stereocenters. The summed E-state index contributed by atoms with van der Waals surface area (Å²) in [5.74, 6) is -0.586. The van der Waals surface area contributed by atoms with E-state index in [0.29, 0.717) is 17.4 Å². The van der Waals surface area contributed by atoms with Crippen LogP contribution < -0.4 is 11.5 Å². The van der Waals surface area contributed by atoms with Crippen LogP contribution in [0.1, 0.15) is 55.1 Å². The number of amides is 2. The Kier molecular flexibility index (Phi) is 3.61. The maximum absolute atomic E-state index is 12.9. The van der Waals surface area contributed by atoms with E-state index in [-0.39, 0.29) is 18.5 Å². The summed E-state index contributed by atoms with van der Waals surface area (Å²) in [5.41, 5.74) is 12.4. The van der Waals surface area contributed by atoms with Gasteiger partial charge in [0.05, 0.1) is 12.2 Å². The topological polar surface area (TPSA) is 94.3 Å². The molecular formula is C15H22N4O2. The molecule has 2 aliphatic rings. The number of carbonyl (C=O) groups excluding carboxylic acids is 2. The van der Waals surface area contributed by atoms with Gasteiger partial charge in [0.15, 0.2) is 0 Å². The Bertz CT molecular complexity index is 556. The second kappa shape index (κ2) is 5.42. The third-order valence-electron chi connectivity index (χ3n) is 4.38. The molecule has 0 unspecified atom stereocenters. The number of primary amides is 1. The molecule has 6 heteroatoms. The first-order valence-corrected chi connectivity index (χ1v) is 7.63. The highest BCUT2D eigenvalue weighted by Crippen LogP contribution is 2.37. The zero-order valence-corrected chi connectivity index (χ0v) is 12.1. The van der Waals surface area contributed by atoms with Gasteiger partial charge in [-0.05, 0) is 31.7 Å². The lowest BCUT2D eigenvalue weighted by Gasteiger charge is -2.28. The maximum atomic E-state index is 12.9. The molecular weight excluding hydrogens is 268 g/mol. The average molecular weight is 290 g/mol. The fourth-order valence-electron chi connectivity index (χ4n) is 3.22. The van der Waals surface area contributed by atoms with Crippen molar-refractivity contribution in [2.75, 3.05) is 12.3 Å². The lowest BCUT2D eigenvalue weighted by Crippen LogP contribution is -2.44. The summed E-state index contributed by atoms with van der Waals surface area (Å²) in [6.45, 7) is -0.0146. The van der Waals surface area contributed by atoms with Crippen LogP contribution in [-0.2, 0) is 4.79 Å². The van der Waals surface area contributed by atoms with E-state index >= 15 is 0 Å². The fourth-order valence-corrected chi connectivity index (χ4v) is 3.22. The highest BCUT2D eigenvalue weighted by Gasteiger charge is 2.33. The number of nitrogens with zero attached hydrogens (tertiary/aromatic N) is 2. The van der Waals surface area contributed by atoms with E-state index in [9.17, 15) is 9.59 Å². The van der Waals surface area contributed by atoms with Gasteiger partial charge in [0.1, 0.15) is 5.69 Å². The first-order valence-electron chi connectivity index (χ1n) is 7.63. The van der Waals surface area contributed by atoms with E-state index in [2.05, 4.69) is 0 Å². The smallest absolute Gasteiger partial charge is 0.271 e. The standard InChI is InChI=1S/C15H22N4O2/c16-10-7-13(18(8-10)12-5-6-12)15(21)19(9-14(17)20)11-3-1-2-4-11/h7-8,11-12H,1-6,9,16H2,(H2,17,20). The van der Waals surface area contributed by atoms with Crippen molar-refractivity contribution >= 4 is 17.5 Å². The molecule has 2 saturated carbocycles. The van der Waals surface area contributed by atoms with Crippen LogP contribution in [0.25, 0.3) is 0 Å². The number of hydrogen-bond acceptors (Lipinski definition) is 3. The SMILES string of the molecule is NC(=O)CN(C(=O)c1cc(N)cn1C1CC1)C1CCCC1. The van der Waals surface area contributed by atoms with Gasteiger partial charge in [0, 0.05) is 18.3 Å². The lowest BCUT2D eigenvalue weighted by atomic mass is 10.2. The molecule has 0 aliphatic heterocycles. The molecule has 21 heavy (non-hydrogen) atoms. The Balaban J connectivity index is 1.87. The molecule has 3 rings (SSSR count). The van der Waals surface area contributed by atoms with E-state index in [1.807, 2.05) is 10.8 Å². The summed E-state index contributed by atoms with van der Waals surface area (Å²) in [6.07, 6.45) is 8.05. The molecule has 2 aliphatic carbocycles. The molecule has 0 radical (unpaired) electrons. The zero-order chi connectivity index (χ0) is 15.0. The molecule has 0 spiro atoms. The first kappa shape index (κ1) is 14.0. The van der Waals surface area contributed by atoms with Crippen LogP contribution in [0.2, 0.25) is 0 Å². The van der Waals surface area contributed by atoms with Gasteiger partial charge in [-0.3, -0.25) is 9.59 Å². The Morgan fingerprint density at radius 2 is 1.90 bits per heavy atom. The van der Waals surface area contributed by atoms with Gasteiger partial charge in [-0.1, -0.05) is 12.8 Å². The predicted octanol–water partition coefficient (Wildman–Crippen LogP) is 1.28. The summed E-state index contributed by atoms with van der Waals surface area (Å²) in [4.78, 5) is 25.9. The largest absolute Gasteiger partial charge is 0.397 e. The summed E-state index contributed by atoms with van der Waals surface area (Å²) in [7, 11) is 0. The van der Waals surface area contributed by atoms with Crippen molar-refractivity contribution in [3.8, 4) is 0 Å². The second-order valence-electron chi connectivity index (χ2n) is 6.13. The number of rotatable bonds is 5. The van der Waals surface area contributed by atoms with Crippen molar-refractivity contribution in [3.05, 3.63) is 18.0 Å². The zero-order valence-electron chi connectivity index (χ0n) is 12.1. The Morgan fingerprint density at radius 1 is 1.24 bits per heavy atom. The second-order valence-corrected chi connectivity index (χ2v) is 6.13. The van der Waals surface area contributed by atoms with Gasteiger partial charge in [-0.15, -0.1) is 0 Å². The van der Waals surface area contributed by atoms with Gasteiger partial charge in [0.2, 0.25) is 5.91 Å². The van der Waals surface area contributed by atoms with Gasteiger partial charge in [-0.25, -0.2) is 0 Å². The van der Waals surface area contributed by atoms with E-state index in [4.69, 9.17) is 11.5 Å². The fraction of sp³-hybridized carbons (Fsp3) is 0.600. The van der Waals surface area contributed by atoms with Crippen molar-refractivity contribution in [2.45, 2.75) is 50.6 Å². The van der Waals surface area contributed by atoms with Crippen LogP contribution in [0.5, 0.6) is 0 Å². The van der Waals surface area contributed by atoms with Crippen LogP contribution in [0, 0.1) is 0 Å². The van der Waals surface area contributed by atoms with Crippen molar-refractivity contribution in [2.24, 2.45) is 5.73 Å². The van der Waals surface area contributed by atoms with Crippen molar-refractivity contribution in [3.63, 3.8) is 0 Å². The van der Waals surface area contributed by atoms with E-state index < -0.39 is 5.91 Å². The quantitative estimate of drug-likeness (QED) is 0.855. The van der Waals surface area contributed by atoms with E-state index in [1.54, 1.807) is 11.0 Å². The number of aromatic nitrogens is 1. The van der Waals surface area contributed by atoms with E-state index in [1.165, 1.54) is 0 Å². The average Bonchev–Trinajstić information content (AvgIpc) is 2.98. The molecule has 0 saturated heterocycles. The third-order valence-corrected chi connectivity index (χ3v) is 4.38. The summed E-state index contributed by atoms with van der Waals surface area (Å²) in [6, 6.07) is 2.21. The van der Waals surface area contributed by atoms with Crippen LogP contribution in [0.3, 0.4) is 0 Å². The molecule has 1 aromatic rings. The highest BCUT2D eigenvalue weighted by atomic mass is 16.2. The molecule has 1 aromatic heterocycles. The number of hydrogen-bond donors (Lipinski definition) is 2. The summed E-state index contributed by atoms with van der Waals surface area (Å²) in [5, 5.41) is 0. The van der Waals surface area contributed by atoms with Crippen LogP contribution in [0.4, 0.5) is 5.69 Å². The summed E-state index contributed by atoms with van der Waals surface area (Å²) < 4.78 is 1.96. The molecule has 0 bridgehead atoms. The molecule has 4 N–H and O–H groups in total. The highest BCUT2D eigenvalue weighted by molar-refractivity contribution is 5.96. The van der Waals surface area contributed by atoms with E-state index in [0.717, 1.165) is 38.5 Å². The minimum Gasteiger partial charge on any atom is -0.397 e. The first-order chi connectivity index (χ1) is 10.1. The van der Waals surface area contributed by atoms with Gasteiger partial charge in [-0.2, -0.15) is 0 Å². The van der Waals surface area contributed by atoms with Crippen LogP contribution in [-0.4, -0.2) is 33.9 Å². The van der Waals surface area contributed by atoms with Gasteiger partial charge in [0.25, 0.3) is 5.91 Å². The molecule has 2 amide bonds. The van der Waals surface area contributed by atoms with Crippen molar-refractivity contribution < 1.29 is 9.59 Å². The number of carbonyl (C=O) groups is 2. The van der Waals surface area contributed by atoms with Crippen LogP contribution >= 0.6 is 0 Å². The normalized spacial score (nSPS) is 18.9. The molecule has 2 fully saturated rings. The Hall–Kier alpha value is -1.98. The van der Waals surface area contributed by atoms with Gasteiger partial charge >= 0.3 is 0 Å². The van der Waals surface area contributed by atoms with Gasteiger partial charge < -0.3 is 20.9 Å². The number of nitrogens with two attached hydrogens (primary N) is 2. The number of anilines is 1. The Labute approximate surface area is 124 Å². The number of nitrogen functional groups attached to an aromatic ring is 1. The minimum absolute atomic E-state index is 0.0146. The Morgan fingerprint density at radius 3 is 2.48 bits per heavy atom. The molecule has 1 heterocycles. The van der Waals surface area contributed by atoms with Crippen molar-refractivity contribution in [1.29, 1.82) is 0 Å². The molecule has 6 nitrogen and oxygen atoms in total.